The molecule has 3 aromatic rings. The van der Waals surface area contributed by atoms with Crippen LogP contribution in [-0.2, 0) is 6.54 Å². The van der Waals surface area contributed by atoms with E-state index in [1.807, 2.05) is 23.1 Å². The van der Waals surface area contributed by atoms with E-state index in [-0.39, 0.29) is 5.91 Å². The Balaban J connectivity index is 1.39. The van der Waals surface area contributed by atoms with Crippen LogP contribution in [0.5, 0.6) is 0 Å². The first-order chi connectivity index (χ1) is 12.2. The molecule has 2 heterocycles. The van der Waals surface area contributed by atoms with Crippen LogP contribution in [0.2, 0.25) is 0 Å². The largest absolute Gasteiger partial charge is 0.345 e. The third-order valence-corrected chi connectivity index (χ3v) is 4.98. The van der Waals surface area contributed by atoms with Gasteiger partial charge in [0, 0.05) is 38.3 Å². The summed E-state index contributed by atoms with van der Waals surface area (Å²) < 4.78 is 0. The second-order valence-corrected chi connectivity index (χ2v) is 6.63. The molecule has 1 amide bonds. The van der Waals surface area contributed by atoms with Crippen LogP contribution >= 0.6 is 0 Å². The normalized spacial score (nSPS) is 15.6. The Morgan fingerprint density at radius 3 is 2.72 bits per heavy atom. The molecule has 0 unspecified atom stereocenters. The lowest BCUT2D eigenvalue weighted by atomic mass is 10.1. The Morgan fingerprint density at radius 2 is 1.92 bits per heavy atom. The summed E-state index contributed by atoms with van der Waals surface area (Å²) in [7, 11) is 0. The second-order valence-electron chi connectivity index (χ2n) is 6.63. The smallest absolute Gasteiger partial charge is 0.254 e. The van der Waals surface area contributed by atoms with Crippen molar-refractivity contribution in [3.8, 4) is 0 Å². The van der Waals surface area contributed by atoms with E-state index in [1.54, 1.807) is 6.33 Å². The van der Waals surface area contributed by atoms with Crippen LogP contribution in [0, 0.1) is 6.92 Å². The third-order valence-electron chi connectivity index (χ3n) is 4.98. The molecule has 0 spiro atoms. The summed E-state index contributed by atoms with van der Waals surface area (Å²) in [6.07, 6.45) is 1.66. The number of rotatable bonds is 3. The van der Waals surface area contributed by atoms with Gasteiger partial charge in [0.15, 0.2) is 0 Å². The van der Waals surface area contributed by atoms with Gasteiger partial charge < -0.3 is 9.88 Å². The van der Waals surface area contributed by atoms with Crippen LogP contribution in [0.15, 0.2) is 48.8 Å². The molecule has 1 N–H and O–H groups in total. The molecule has 1 aromatic heterocycles. The summed E-state index contributed by atoms with van der Waals surface area (Å²) in [5, 5.41) is 0. The van der Waals surface area contributed by atoms with E-state index in [1.165, 1.54) is 11.1 Å². The summed E-state index contributed by atoms with van der Waals surface area (Å²) in [5.41, 5.74) is 5.22. The van der Waals surface area contributed by atoms with E-state index in [9.17, 15) is 4.79 Å². The van der Waals surface area contributed by atoms with Crippen LogP contribution < -0.4 is 0 Å². The number of fused-ring (bicyclic) bond motifs is 1. The number of benzene rings is 2. The maximum Gasteiger partial charge on any atom is 0.254 e. The van der Waals surface area contributed by atoms with Crippen molar-refractivity contribution >= 4 is 16.9 Å². The standard InChI is InChI=1S/C20H22N4O/c1-15-4-2-3-5-17(15)13-23-8-10-24(11-9-23)20(25)16-6-7-18-19(12-16)22-14-21-18/h2-7,12,14H,8-11,13H2,1H3,(H,21,22). The topological polar surface area (TPSA) is 52.2 Å². The van der Waals surface area contributed by atoms with E-state index in [2.05, 4.69) is 46.1 Å². The average Bonchev–Trinajstić information content (AvgIpc) is 3.11. The van der Waals surface area contributed by atoms with Gasteiger partial charge in [-0.1, -0.05) is 24.3 Å². The predicted octanol–water partition coefficient (Wildman–Crippen LogP) is 2.83. The van der Waals surface area contributed by atoms with Crippen LogP contribution in [0.3, 0.4) is 0 Å². The molecule has 5 heteroatoms. The maximum absolute atomic E-state index is 12.8. The van der Waals surface area contributed by atoms with Gasteiger partial charge in [-0.15, -0.1) is 0 Å². The van der Waals surface area contributed by atoms with Gasteiger partial charge in [-0.2, -0.15) is 0 Å². The molecule has 0 bridgehead atoms. The first-order valence-corrected chi connectivity index (χ1v) is 8.70. The lowest BCUT2D eigenvalue weighted by Gasteiger charge is -2.35. The molecule has 1 fully saturated rings. The molecular formula is C20H22N4O. The van der Waals surface area contributed by atoms with Crippen LogP contribution in [0.1, 0.15) is 21.5 Å². The van der Waals surface area contributed by atoms with Crippen LogP contribution in [0.4, 0.5) is 0 Å². The summed E-state index contributed by atoms with van der Waals surface area (Å²) >= 11 is 0. The fourth-order valence-corrected chi connectivity index (χ4v) is 3.39. The van der Waals surface area contributed by atoms with Crippen LogP contribution in [-0.4, -0.2) is 51.9 Å². The number of amides is 1. The van der Waals surface area contributed by atoms with Crippen molar-refractivity contribution in [1.29, 1.82) is 0 Å². The fraction of sp³-hybridized carbons (Fsp3) is 0.300. The number of hydrogen-bond donors (Lipinski definition) is 1. The molecule has 4 rings (SSSR count). The highest BCUT2D eigenvalue weighted by Crippen LogP contribution is 2.16. The van der Waals surface area contributed by atoms with Crippen molar-refractivity contribution in [3.63, 3.8) is 0 Å². The third kappa shape index (κ3) is 3.28. The van der Waals surface area contributed by atoms with Gasteiger partial charge in [-0.05, 0) is 36.2 Å². The van der Waals surface area contributed by atoms with Crippen LogP contribution in [0.25, 0.3) is 11.0 Å². The highest BCUT2D eigenvalue weighted by Gasteiger charge is 2.22. The van der Waals surface area contributed by atoms with Crippen molar-refractivity contribution in [3.05, 3.63) is 65.5 Å². The molecule has 1 aliphatic heterocycles. The first-order valence-electron chi connectivity index (χ1n) is 8.70. The van der Waals surface area contributed by atoms with Gasteiger partial charge in [0.2, 0.25) is 0 Å². The van der Waals surface area contributed by atoms with Crippen molar-refractivity contribution < 1.29 is 4.79 Å². The maximum atomic E-state index is 12.8. The molecule has 0 aliphatic carbocycles. The predicted molar refractivity (Wildman–Crippen MR) is 98.5 cm³/mol. The summed E-state index contributed by atoms with van der Waals surface area (Å²) in [5.74, 6) is 0.104. The van der Waals surface area contributed by atoms with E-state index < -0.39 is 0 Å². The minimum atomic E-state index is 0.104. The molecule has 0 saturated carbocycles. The Morgan fingerprint density at radius 1 is 1.12 bits per heavy atom. The van der Waals surface area contributed by atoms with Gasteiger partial charge >= 0.3 is 0 Å². The van der Waals surface area contributed by atoms with Gasteiger partial charge in [0.05, 0.1) is 17.4 Å². The first kappa shape index (κ1) is 15.8. The quantitative estimate of drug-likeness (QED) is 0.801. The van der Waals surface area contributed by atoms with E-state index in [4.69, 9.17) is 0 Å². The SMILES string of the molecule is Cc1ccccc1CN1CCN(C(=O)c2ccc3nc[nH]c3c2)CC1. The molecule has 0 radical (unpaired) electrons. The number of nitrogens with one attached hydrogen (secondary N) is 1. The molecule has 5 nitrogen and oxygen atoms in total. The Kier molecular flexibility index (Phi) is 4.24. The lowest BCUT2D eigenvalue weighted by Crippen LogP contribution is -2.48. The van der Waals surface area contributed by atoms with Crippen molar-refractivity contribution in [2.45, 2.75) is 13.5 Å². The minimum Gasteiger partial charge on any atom is -0.345 e. The number of aromatic amines is 1. The number of piperazine rings is 1. The van der Waals surface area contributed by atoms with Crippen molar-refractivity contribution in [2.24, 2.45) is 0 Å². The Labute approximate surface area is 147 Å². The van der Waals surface area contributed by atoms with Crippen molar-refractivity contribution in [1.82, 2.24) is 19.8 Å². The lowest BCUT2D eigenvalue weighted by molar-refractivity contribution is 0.0628. The molecule has 1 saturated heterocycles. The van der Waals surface area contributed by atoms with Gasteiger partial charge in [-0.3, -0.25) is 9.69 Å². The number of aromatic nitrogens is 2. The van der Waals surface area contributed by atoms with Crippen molar-refractivity contribution in [2.75, 3.05) is 26.2 Å². The Hall–Kier alpha value is -2.66. The molecule has 2 aromatic carbocycles. The number of aryl methyl sites for hydroxylation is 1. The highest BCUT2D eigenvalue weighted by atomic mass is 16.2. The monoisotopic (exact) mass is 334 g/mol. The number of imidazole rings is 1. The molecule has 128 valence electrons. The number of carbonyl (C=O) groups excluding carboxylic acids is 1. The zero-order chi connectivity index (χ0) is 17.2. The fourth-order valence-electron chi connectivity index (χ4n) is 3.39. The zero-order valence-electron chi connectivity index (χ0n) is 14.4. The summed E-state index contributed by atoms with van der Waals surface area (Å²) in [6.45, 7) is 6.46. The minimum absolute atomic E-state index is 0.104. The van der Waals surface area contributed by atoms with Gasteiger partial charge in [0.25, 0.3) is 5.91 Å². The number of H-pyrrole nitrogens is 1. The molecular weight excluding hydrogens is 312 g/mol. The summed E-state index contributed by atoms with van der Waals surface area (Å²) in [6, 6.07) is 14.2. The second kappa shape index (κ2) is 6.69. The molecule has 25 heavy (non-hydrogen) atoms. The van der Waals surface area contributed by atoms with E-state index >= 15 is 0 Å². The van der Waals surface area contributed by atoms with E-state index in [0.717, 1.165) is 49.3 Å². The number of carbonyl (C=O) groups is 1. The molecule has 0 atom stereocenters. The summed E-state index contributed by atoms with van der Waals surface area (Å²) in [4.78, 5) is 24.4. The van der Waals surface area contributed by atoms with Gasteiger partial charge in [0.1, 0.15) is 0 Å². The average molecular weight is 334 g/mol. The van der Waals surface area contributed by atoms with E-state index in [0.29, 0.717) is 0 Å². The number of nitrogens with zero attached hydrogens (tertiary/aromatic N) is 3. The highest BCUT2D eigenvalue weighted by molar-refractivity contribution is 5.97. The number of hydrogen-bond acceptors (Lipinski definition) is 3. The Bertz CT molecular complexity index is 893. The van der Waals surface area contributed by atoms with Gasteiger partial charge in [-0.25, -0.2) is 4.98 Å². The molecule has 1 aliphatic rings. The zero-order valence-corrected chi connectivity index (χ0v) is 14.4.